The van der Waals surface area contributed by atoms with Gasteiger partial charge in [0.2, 0.25) is 10.0 Å². The van der Waals surface area contributed by atoms with E-state index in [1.165, 1.54) is 0 Å². The molecule has 3 rings (SSSR count). The molecule has 1 saturated heterocycles. The van der Waals surface area contributed by atoms with Crippen LogP contribution in [0.1, 0.15) is 31.2 Å². The quantitative estimate of drug-likeness (QED) is 0.838. The third kappa shape index (κ3) is 2.82. The second kappa shape index (κ2) is 6.08. The van der Waals surface area contributed by atoms with Crippen LogP contribution in [0.5, 0.6) is 5.75 Å². The van der Waals surface area contributed by atoms with Crippen LogP contribution in [0.3, 0.4) is 0 Å². The highest BCUT2D eigenvalue weighted by atomic mass is 32.2. The number of rotatable bonds is 2. The lowest BCUT2D eigenvalue weighted by molar-refractivity contribution is 0.310. The molecule has 0 atom stereocenters. The lowest BCUT2D eigenvalue weighted by atomic mass is 10.1. The van der Waals surface area contributed by atoms with E-state index in [4.69, 9.17) is 4.74 Å². The van der Waals surface area contributed by atoms with Crippen molar-refractivity contribution in [3.63, 3.8) is 0 Å². The SMILES string of the molecule is Cc1cc2c(cc1S(=O)(=O)N1CCCCCC1)OCCN2C. The fraction of sp³-hybridized carbons (Fsp3) is 0.625. The molecule has 1 aromatic carbocycles. The minimum atomic E-state index is -3.43. The maximum atomic E-state index is 13.0. The summed E-state index contributed by atoms with van der Waals surface area (Å²) in [5, 5.41) is 0. The standard InChI is InChI=1S/C16H24N2O3S/c1-13-11-14-15(21-10-9-17(14)2)12-16(13)22(19,20)18-7-5-3-4-6-8-18/h11-12H,3-10H2,1-2H3. The second-order valence-electron chi connectivity index (χ2n) is 6.17. The van der Waals surface area contributed by atoms with Crippen molar-refractivity contribution in [3.8, 4) is 5.75 Å². The molecule has 5 nitrogen and oxygen atoms in total. The van der Waals surface area contributed by atoms with Gasteiger partial charge in [-0.05, 0) is 31.4 Å². The summed E-state index contributed by atoms with van der Waals surface area (Å²) >= 11 is 0. The first-order valence-electron chi connectivity index (χ1n) is 7.99. The number of benzene rings is 1. The Hall–Kier alpha value is -1.27. The molecule has 0 bridgehead atoms. The first kappa shape index (κ1) is 15.6. The van der Waals surface area contributed by atoms with Gasteiger partial charge in [0.15, 0.2) is 0 Å². The van der Waals surface area contributed by atoms with Gasteiger partial charge < -0.3 is 9.64 Å². The fourth-order valence-corrected chi connectivity index (χ4v) is 4.92. The number of fused-ring (bicyclic) bond motifs is 1. The molecule has 0 spiro atoms. The number of likely N-dealkylation sites (N-methyl/N-ethyl adjacent to an activating group) is 1. The molecule has 0 aliphatic carbocycles. The smallest absolute Gasteiger partial charge is 0.243 e. The molecule has 0 amide bonds. The van der Waals surface area contributed by atoms with Crippen LogP contribution < -0.4 is 9.64 Å². The van der Waals surface area contributed by atoms with E-state index in [-0.39, 0.29) is 0 Å². The van der Waals surface area contributed by atoms with Crippen molar-refractivity contribution < 1.29 is 13.2 Å². The average Bonchev–Trinajstić information content (AvgIpc) is 2.77. The van der Waals surface area contributed by atoms with Gasteiger partial charge in [0, 0.05) is 26.2 Å². The molecule has 2 aliphatic heterocycles. The van der Waals surface area contributed by atoms with E-state index in [9.17, 15) is 8.42 Å². The highest BCUT2D eigenvalue weighted by molar-refractivity contribution is 7.89. The minimum absolute atomic E-state index is 0.392. The molecule has 0 N–H and O–H groups in total. The molecule has 0 unspecified atom stereocenters. The molecule has 1 fully saturated rings. The predicted octanol–water partition coefficient (Wildman–Crippen LogP) is 2.39. The minimum Gasteiger partial charge on any atom is -0.490 e. The van der Waals surface area contributed by atoms with Crippen molar-refractivity contribution >= 4 is 15.7 Å². The van der Waals surface area contributed by atoms with Crippen LogP contribution >= 0.6 is 0 Å². The van der Waals surface area contributed by atoms with Gasteiger partial charge in [-0.2, -0.15) is 4.31 Å². The van der Waals surface area contributed by atoms with E-state index in [0.29, 0.717) is 30.3 Å². The van der Waals surface area contributed by atoms with Crippen LogP contribution in [-0.4, -0.2) is 46.0 Å². The van der Waals surface area contributed by atoms with Crippen LogP contribution in [-0.2, 0) is 10.0 Å². The van der Waals surface area contributed by atoms with Gasteiger partial charge in [0.05, 0.1) is 17.1 Å². The zero-order valence-corrected chi connectivity index (χ0v) is 14.2. The van der Waals surface area contributed by atoms with E-state index in [0.717, 1.165) is 43.5 Å². The molecular weight excluding hydrogens is 300 g/mol. The molecule has 2 heterocycles. The maximum Gasteiger partial charge on any atom is 0.243 e. The normalized spacial score (nSPS) is 20.2. The summed E-state index contributed by atoms with van der Waals surface area (Å²) in [7, 11) is -1.43. The Balaban J connectivity index is 2.00. The Morgan fingerprint density at radius 2 is 1.73 bits per heavy atom. The van der Waals surface area contributed by atoms with Crippen molar-refractivity contribution in [2.45, 2.75) is 37.5 Å². The van der Waals surface area contributed by atoms with Gasteiger partial charge >= 0.3 is 0 Å². The van der Waals surface area contributed by atoms with Gasteiger partial charge in [-0.1, -0.05) is 12.8 Å². The third-order valence-corrected chi connectivity index (χ3v) is 6.58. The summed E-state index contributed by atoms with van der Waals surface area (Å²) in [6.45, 7) is 4.53. The van der Waals surface area contributed by atoms with Crippen molar-refractivity contribution in [3.05, 3.63) is 17.7 Å². The summed E-state index contributed by atoms with van der Waals surface area (Å²) < 4.78 is 33.3. The number of anilines is 1. The highest BCUT2D eigenvalue weighted by Gasteiger charge is 2.29. The summed E-state index contributed by atoms with van der Waals surface area (Å²) in [4.78, 5) is 2.50. The predicted molar refractivity (Wildman–Crippen MR) is 87.2 cm³/mol. The van der Waals surface area contributed by atoms with Crippen molar-refractivity contribution in [2.75, 3.05) is 38.2 Å². The lowest BCUT2D eigenvalue weighted by Gasteiger charge is -2.29. The van der Waals surface area contributed by atoms with Crippen molar-refractivity contribution in [1.82, 2.24) is 4.31 Å². The van der Waals surface area contributed by atoms with Gasteiger partial charge in [-0.15, -0.1) is 0 Å². The van der Waals surface area contributed by atoms with Gasteiger partial charge in [-0.25, -0.2) is 8.42 Å². The summed E-state index contributed by atoms with van der Waals surface area (Å²) in [6, 6.07) is 3.64. The molecule has 22 heavy (non-hydrogen) atoms. The lowest BCUT2D eigenvalue weighted by Crippen LogP contribution is -2.33. The van der Waals surface area contributed by atoms with Gasteiger partial charge in [0.1, 0.15) is 12.4 Å². The Bertz CT molecular complexity index is 650. The van der Waals surface area contributed by atoms with E-state index in [1.807, 2.05) is 20.0 Å². The van der Waals surface area contributed by atoms with Crippen molar-refractivity contribution in [1.29, 1.82) is 0 Å². The first-order valence-corrected chi connectivity index (χ1v) is 9.43. The highest BCUT2D eigenvalue weighted by Crippen LogP contribution is 2.36. The molecule has 1 aromatic rings. The van der Waals surface area contributed by atoms with Crippen LogP contribution in [0.25, 0.3) is 0 Å². The van der Waals surface area contributed by atoms with Crippen LogP contribution in [0.4, 0.5) is 5.69 Å². The van der Waals surface area contributed by atoms with E-state index in [2.05, 4.69) is 4.90 Å². The summed E-state index contributed by atoms with van der Waals surface area (Å²) in [6.07, 6.45) is 4.12. The Kier molecular flexibility index (Phi) is 4.32. The van der Waals surface area contributed by atoms with Gasteiger partial charge in [-0.3, -0.25) is 0 Å². The fourth-order valence-electron chi connectivity index (χ4n) is 3.18. The molecule has 0 radical (unpaired) electrons. The maximum absolute atomic E-state index is 13.0. The van der Waals surface area contributed by atoms with E-state index >= 15 is 0 Å². The third-order valence-electron chi connectivity index (χ3n) is 4.53. The monoisotopic (exact) mass is 324 g/mol. The zero-order chi connectivity index (χ0) is 15.7. The molecular formula is C16H24N2O3S. The summed E-state index contributed by atoms with van der Waals surface area (Å²) in [5.41, 5.74) is 1.76. The number of ether oxygens (including phenoxy) is 1. The number of sulfonamides is 1. The van der Waals surface area contributed by atoms with Crippen LogP contribution in [0, 0.1) is 6.92 Å². The molecule has 6 heteroatoms. The Morgan fingerprint density at radius 1 is 1.05 bits per heavy atom. The number of nitrogens with zero attached hydrogens (tertiary/aromatic N) is 2. The molecule has 0 aromatic heterocycles. The number of hydrogen-bond acceptors (Lipinski definition) is 4. The largest absolute Gasteiger partial charge is 0.490 e. The molecule has 122 valence electrons. The topological polar surface area (TPSA) is 49.9 Å². The molecule has 0 saturated carbocycles. The molecule has 2 aliphatic rings. The van der Waals surface area contributed by atoms with E-state index < -0.39 is 10.0 Å². The average molecular weight is 324 g/mol. The van der Waals surface area contributed by atoms with E-state index in [1.54, 1.807) is 10.4 Å². The second-order valence-corrected chi connectivity index (χ2v) is 8.08. The Labute approximate surface area is 132 Å². The van der Waals surface area contributed by atoms with Crippen LogP contribution in [0.2, 0.25) is 0 Å². The Morgan fingerprint density at radius 3 is 2.41 bits per heavy atom. The first-order chi connectivity index (χ1) is 10.5. The zero-order valence-electron chi connectivity index (χ0n) is 13.3. The van der Waals surface area contributed by atoms with Gasteiger partial charge in [0.25, 0.3) is 0 Å². The number of aryl methyl sites for hydroxylation is 1. The summed E-state index contributed by atoms with van der Waals surface area (Å²) in [5.74, 6) is 0.674. The number of hydrogen-bond donors (Lipinski definition) is 0. The van der Waals surface area contributed by atoms with Crippen LogP contribution in [0.15, 0.2) is 17.0 Å². The van der Waals surface area contributed by atoms with Crippen molar-refractivity contribution in [2.24, 2.45) is 0 Å².